The third-order valence-electron chi connectivity index (χ3n) is 3.73. The minimum Gasteiger partial charge on any atom is -0.496 e. The van der Waals surface area contributed by atoms with Crippen molar-refractivity contribution >= 4 is 5.97 Å². The van der Waals surface area contributed by atoms with Crippen LogP contribution in [0.15, 0.2) is 42.5 Å². The highest BCUT2D eigenvalue weighted by Gasteiger charge is 2.09. The van der Waals surface area contributed by atoms with Crippen LogP contribution in [0.1, 0.15) is 15.9 Å². The monoisotopic (exact) mass is 313 g/mol. The zero-order valence-electron chi connectivity index (χ0n) is 14.1. The second-order valence-electron chi connectivity index (χ2n) is 5.66. The Morgan fingerprint density at radius 2 is 1.74 bits per heavy atom. The fourth-order valence-corrected chi connectivity index (χ4v) is 2.39. The van der Waals surface area contributed by atoms with Crippen LogP contribution in [0.5, 0.6) is 5.75 Å². The molecule has 23 heavy (non-hydrogen) atoms. The Morgan fingerprint density at radius 3 is 2.30 bits per heavy atom. The van der Waals surface area contributed by atoms with E-state index >= 15 is 0 Å². The molecule has 0 spiro atoms. The molecule has 2 rings (SSSR count). The Kier molecular flexibility index (Phi) is 5.77. The number of hydrogen-bond acceptors (Lipinski definition) is 4. The Balaban J connectivity index is 2.26. The molecule has 0 unspecified atom stereocenters. The van der Waals surface area contributed by atoms with Gasteiger partial charge in [-0.25, -0.2) is 4.79 Å². The van der Waals surface area contributed by atoms with Gasteiger partial charge in [-0.05, 0) is 49.8 Å². The van der Waals surface area contributed by atoms with E-state index in [2.05, 4.69) is 37.2 Å². The van der Waals surface area contributed by atoms with Crippen molar-refractivity contribution in [2.75, 3.05) is 34.9 Å². The first kappa shape index (κ1) is 17.0. The lowest BCUT2D eigenvalue weighted by atomic mass is 10.00. The van der Waals surface area contributed by atoms with E-state index in [-0.39, 0.29) is 5.97 Å². The molecule has 0 bridgehead atoms. The van der Waals surface area contributed by atoms with Crippen molar-refractivity contribution < 1.29 is 14.3 Å². The van der Waals surface area contributed by atoms with E-state index in [0.717, 1.165) is 29.8 Å². The zero-order chi connectivity index (χ0) is 16.8. The molecule has 0 saturated carbocycles. The maximum atomic E-state index is 11.5. The van der Waals surface area contributed by atoms with Crippen molar-refractivity contribution in [1.82, 2.24) is 4.90 Å². The summed E-state index contributed by atoms with van der Waals surface area (Å²) in [6, 6.07) is 13.6. The highest BCUT2D eigenvalue weighted by molar-refractivity contribution is 5.90. The van der Waals surface area contributed by atoms with Crippen LogP contribution in [0, 0.1) is 0 Å². The average molecular weight is 313 g/mol. The van der Waals surface area contributed by atoms with Crippen molar-refractivity contribution in [3.05, 3.63) is 53.6 Å². The molecule has 4 heteroatoms. The van der Waals surface area contributed by atoms with Gasteiger partial charge in [0.25, 0.3) is 0 Å². The molecule has 0 atom stereocenters. The average Bonchev–Trinajstić information content (AvgIpc) is 2.59. The van der Waals surface area contributed by atoms with Gasteiger partial charge in [0.05, 0.1) is 19.8 Å². The van der Waals surface area contributed by atoms with Crippen LogP contribution in [0.4, 0.5) is 0 Å². The van der Waals surface area contributed by atoms with Crippen LogP contribution in [0.25, 0.3) is 11.1 Å². The molecule has 2 aromatic rings. The summed E-state index contributed by atoms with van der Waals surface area (Å²) in [6.45, 7) is 0.996. The lowest BCUT2D eigenvalue weighted by Crippen LogP contribution is -2.15. The number of methoxy groups -OCH3 is 2. The Hall–Kier alpha value is -2.33. The van der Waals surface area contributed by atoms with Crippen LogP contribution in [0.3, 0.4) is 0 Å². The molecule has 0 aromatic heterocycles. The molecule has 0 aliphatic heterocycles. The van der Waals surface area contributed by atoms with Crippen LogP contribution in [0.2, 0.25) is 0 Å². The van der Waals surface area contributed by atoms with E-state index in [4.69, 9.17) is 9.47 Å². The van der Waals surface area contributed by atoms with E-state index in [1.807, 2.05) is 12.1 Å². The molecule has 0 N–H and O–H groups in total. The SMILES string of the molecule is COC(=O)c1ccc(-c2ccc(CCN(C)C)cc2OC)cc1. The lowest BCUT2D eigenvalue weighted by Gasteiger charge is -2.13. The van der Waals surface area contributed by atoms with Crippen molar-refractivity contribution in [3.63, 3.8) is 0 Å². The minimum absolute atomic E-state index is 0.331. The molecular weight excluding hydrogens is 290 g/mol. The van der Waals surface area contributed by atoms with Gasteiger partial charge < -0.3 is 14.4 Å². The summed E-state index contributed by atoms with van der Waals surface area (Å²) in [7, 11) is 7.19. The van der Waals surface area contributed by atoms with Crippen LogP contribution in [-0.2, 0) is 11.2 Å². The van der Waals surface area contributed by atoms with Gasteiger partial charge in [0, 0.05) is 12.1 Å². The first-order valence-electron chi connectivity index (χ1n) is 7.55. The summed E-state index contributed by atoms with van der Waals surface area (Å²) < 4.78 is 10.3. The molecule has 0 radical (unpaired) electrons. The Bertz CT molecular complexity index is 663. The number of carbonyl (C=O) groups is 1. The highest BCUT2D eigenvalue weighted by atomic mass is 16.5. The smallest absolute Gasteiger partial charge is 0.337 e. The maximum absolute atomic E-state index is 11.5. The van der Waals surface area contributed by atoms with Gasteiger partial charge in [-0.3, -0.25) is 0 Å². The fraction of sp³-hybridized carbons (Fsp3) is 0.316. The summed E-state index contributed by atoms with van der Waals surface area (Å²) >= 11 is 0. The van der Waals surface area contributed by atoms with Crippen molar-refractivity contribution in [1.29, 1.82) is 0 Å². The minimum atomic E-state index is -0.331. The number of ether oxygens (including phenoxy) is 2. The largest absolute Gasteiger partial charge is 0.496 e. The standard InChI is InChI=1S/C19H23NO3/c1-20(2)12-11-14-5-10-17(18(13-14)22-3)15-6-8-16(9-7-15)19(21)23-4/h5-10,13H,11-12H2,1-4H3. The first-order valence-corrected chi connectivity index (χ1v) is 7.55. The zero-order valence-corrected chi connectivity index (χ0v) is 14.1. The number of carbonyl (C=O) groups excluding carboxylic acids is 1. The number of rotatable bonds is 6. The van der Waals surface area contributed by atoms with Gasteiger partial charge in [0.1, 0.15) is 5.75 Å². The number of nitrogens with zero attached hydrogens (tertiary/aromatic N) is 1. The first-order chi connectivity index (χ1) is 11.0. The molecule has 2 aromatic carbocycles. The van der Waals surface area contributed by atoms with Gasteiger partial charge in [-0.1, -0.05) is 24.3 Å². The summed E-state index contributed by atoms with van der Waals surface area (Å²) in [5.74, 6) is 0.509. The summed E-state index contributed by atoms with van der Waals surface area (Å²) in [6.07, 6.45) is 0.977. The third kappa shape index (κ3) is 4.33. The van der Waals surface area contributed by atoms with Crippen LogP contribution in [-0.4, -0.2) is 45.7 Å². The fourth-order valence-electron chi connectivity index (χ4n) is 2.39. The van der Waals surface area contributed by atoms with E-state index < -0.39 is 0 Å². The van der Waals surface area contributed by atoms with E-state index in [0.29, 0.717) is 5.56 Å². The summed E-state index contributed by atoms with van der Waals surface area (Å²) in [5, 5.41) is 0. The summed E-state index contributed by atoms with van der Waals surface area (Å²) in [5.41, 5.74) is 3.80. The number of hydrogen-bond donors (Lipinski definition) is 0. The maximum Gasteiger partial charge on any atom is 0.337 e. The third-order valence-corrected chi connectivity index (χ3v) is 3.73. The van der Waals surface area contributed by atoms with Crippen molar-refractivity contribution in [3.8, 4) is 16.9 Å². The second kappa shape index (κ2) is 7.79. The Labute approximate surface area is 137 Å². The molecule has 0 aliphatic carbocycles. The van der Waals surface area contributed by atoms with Crippen molar-refractivity contribution in [2.24, 2.45) is 0 Å². The van der Waals surface area contributed by atoms with Crippen LogP contribution < -0.4 is 4.74 Å². The molecule has 0 amide bonds. The summed E-state index contributed by atoms with van der Waals surface area (Å²) in [4.78, 5) is 13.7. The molecule has 4 nitrogen and oxygen atoms in total. The Morgan fingerprint density at radius 1 is 1.04 bits per heavy atom. The predicted octanol–water partition coefficient (Wildman–Crippen LogP) is 3.25. The quantitative estimate of drug-likeness (QED) is 0.767. The van der Waals surface area contributed by atoms with Crippen molar-refractivity contribution in [2.45, 2.75) is 6.42 Å². The molecular formula is C19H23NO3. The van der Waals surface area contributed by atoms with E-state index in [1.165, 1.54) is 12.7 Å². The van der Waals surface area contributed by atoms with Gasteiger partial charge in [-0.2, -0.15) is 0 Å². The predicted molar refractivity (Wildman–Crippen MR) is 92.0 cm³/mol. The second-order valence-corrected chi connectivity index (χ2v) is 5.66. The molecule has 0 saturated heterocycles. The molecule has 122 valence electrons. The lowest BCUT2D eigenvalue weighted by molar-refractivity contribution is 0.0601. The molecule has 0 aliphatic rings. The van der Waals surface area contributed by atoms with Gasteiger partial charge >= 0.3 is 5.97 Å². The van der Waals surface area contributed by atoms with Gasteiger partial charge in [0.2, 0.25) is 0 Å². The molecule has 0 fully saturated rings. The van der Waals surface area contributed by atoms with Gasteiger partial charge in [0.15, 0.2) is 0 Å². The molecule has 0 heterocycles. The van der Waals surface area contributed by atoms with E-state index in [1.54, 1.807) is 19.2 Å². The topological polar surface area (TPSA) is 38.8 Å². The van der Waals surface area contributed by atoms with E-state index in [9.17, 15) is 4.79 Å². The number of likely N-dealkylation sites (N-methyl/N-ethyl adjacent to an activating group) is 1. The normalized spacial score (nSPS) is 10.7. The number of benzene rings is 2. The van der Waals surface area contributed by atoms with Crippen LogP contribution >= 0.6 is 0 Å². The highest BCUT2D eigenvalue weighted by Crippen LogP contribution is 2.31. The van der Waals surface area contributed by atoms with Gasteiger partial charge in [-0.15, -0.1) is 0 Å². The number of esters is 1.